The summed E-state index contributed by atoms with van der Waals surface area (Å²) in [6, 6.07) is 13.8. The van der Waals surface area contributed by atoms with Crippen molar-refractivity contribution in [3.8, 4) is 5.75 Å². The van der Waals surface area contributed by atoms with Gasteiger partial charge in [-0.15, -0.1) is 0 Å². The molecule has 0 aliphatic heterocycles. The van der Waals surface area contributed by atoms with Gasteiger partial charge in [0.15, 0.2) is 5.16 Å². The minimum Gasteiger partial charge on any atom is -0.491 e. The van der Waals surface area contributed by atoms with E-state index in [2.05, 4.69) is 4.98 Å². The maximum Gasteiger partial charge on any atom is 0.172 e. The molecule has 1 atom stereocenters. The number of aliphatic hydroxyl groups is 1. The highest BCUT2D eigenvalue weighted by atomic mass is 32.2. The summed E-state index contributed by atoms with van der Waals surface area (Å²) in [5.74, 6) is 1.33. The molecule has 1 aromatic carbocycles. The summed E-state index contributed by atoms with van der Waals surface area (Å²) < 4.78 is 7.63. The van der Waals surface area contributed by atoms with E-state index in [1.54, 1.807) is 0 Å². The number of hydrogen-bond acceptors (Lipinski definition) is 4. The molecular weight excluding hydrogens is 296 g/mol. The Labute approximate surface area is 133 Å². The summed E-state index contributed by atoms with van der Waals surface area (Å²) in [6.07, 6.45) is 3.26. The van der Waals surface area contributed by atoms with Gasteiger partial charge in [0.1, 0.15) is 12.4 Å². The van der Waals surface area contributed by atoms with Crippen LogP contribution in [-0.4, -0.2) is 33.0 Å². The molecule has 0 aliphatic rings. The van der Waals surface area contributed by atoms with Crippen LogP contribution in [0.2, 0.25) is 0 Å². The molecule has 0 radical (unpaired) electrons. The Morgan fingerprint density at radius 2 is 2.18 bits per heavy atom. The normalized spacial score (nSPS) is 12.5. The second-order valence-electron chi connectivity index (χ2n) is 5.13. The summed E-state index contributed by atoms with van der Waals surface area (Å²) in [5.41, 5.74) is 2.20. The number of ether oxygens (including phenoxy) is 1. The van der Waals surface area contributed by atoms with E-state index in [4.69, 9.17) is 4.74 Å². The van der Waals surface area contributed by atoms with Gasteiger partial charge in [-0.3, -0.25) is 4.40 Å². The Morgan fingerprint density at radius 3 is 3.05 bits per heavy atom. The van der Waals surface area contributed by atoms with E-state index >= 15 is 0 Å². The van der Waals surface area contributed by atoms with Gasteiger partial charge in [0.2, 0.25) is 0 Å². The first-order valence-electron chi connectivity index (χ1n) is 7.15. The van der Waals surface area contributed by atoms with Gasteiger partial charge in [-0.2, -0.15) is 0 Å². The molecule has 2 heterocycles. The van der Waals surface area contributed by atoms with Crippen LogP contribution in [0, 0.1) is 6.92 Å². The molecule has 0 aliphatic carbocycles. The zero-order valence-corrected chi connectivity index (χ0v) is 13.2. The van der Waals surface area contributed by atoms with Crippen molar-refractivity contribution in [2.45, 2.75) is 18.2 Å². The van der Waals surface area contributed by atoms with Gasteiger partial charge >= 0.3 is 0 Å². The monoisotopic (exact) mass is 314 g/mol. The molecule has 1 N–H and O–H groups in total. The molecule has 4 nitrogen and oxygen atoms in total. The first kappa shape index (κ1) is 14.9. The zero-order chi connectivity index (χ0) is 15.4. The van der Waals surface area contributed by atoms with Crippen molar-refractivity contribution >= 4 is 17.3 Å². The zero-order valence-electron chi connectivity index (χ0n) is 12.3. The van der Waals surface area contributed by atoms with E-state index in [1.165, 1.54) is 11.8 Å². The van der Waals surface area contributed by atoms with Crippen LogP contribution in [0.5, 0.6) is 5.75 Å². The Morgan fingerprint density at radius 1 is 1.27 bits per heavy atom. The summed E-state index contributed by atoms with van der Waals surface area (Å²) in [7, 11) is 0. The molecule has 0 amide bonds. The second kappa shape index (κ2) is 6.85. The average Bonchev–Trinajstić information content (AvgIpc) is 2.94. The lowest BCUT2D eigenvalue weighted by molar-refractivity contribution is 0.126. The smallest absolute Gasteiger partial charge is 0.172 e. The van der Waals surface area contributed by atoms with Crippen LogP contribution in [0.1, 0.15) is 5.56 Å². The molecule has 3 aromatic rings. The molecule has 0 fully saturated rings. The Kier molecular flexibility index (Phi) is 4.65. The van der Waals surface area contributed by atoms with Crippen LogP contribution in [0.3, 0.4) is 0 Å². The van der Waals surface area contributed by atoms with E-state index < -0.39 is 6.10 Å². The van der Waals surface area contributed by atoms with Crippen LogP contribution in [-0.2, 0) is 0 Å². The quantitative estimate of drug-likeness (QED) is 0.710. The molecule has 0 spiro atoms. The number of aliphatic hydroxyl groups excluding tert-OH is 1. The largest absolute Gasteiger partial charge is 0.491 e. The van der Waals surface area contributed by atoms with Crippen molar-refractivity contribution in [3.05, 3.63) is 60.4 Å². The lowest BCUT2D eigenvalue weighted by Crippen LogP contribution is -2.20. The number of hydrogen-bond donors (Lipinski definition) is 1. The van der Waals surface area contributed by atoms with Gasteiger partial charge in [-0.05, 0) is 36.8 Å². The first-order valence-corrected chi connectivity index (χ1v) is 8.13. The fraction of sp³-hybridized carbons (Fsp3) is 0.235. The third kappa shape index (κ3) is 3.61. The molecule has 5 heteroatoms. The molecule has 0 bridgehead atoms. The van der Waals surface area contributed by atoms with E-state index in [1.807, 2.05) is 66.2 Å². The third-order valence-corrected chi connectivity index (χ3v) is 4.35. The third-order valence-electron chi connectivity index (χ3n) is 3.24. The number of thioether (sulfide) groups is 1. The van der Waals surface area contributed by atoms with E-state index in [0.29, 0.717) is 5.75 Å². The van der Waals surface area contributed by atoms with Crippen LogP contribution < -0.4 is 4.74 Å². The predicted octanol–water partition coefficient (Wildman–Crippen LogP) is 3.17. The number of pyridine rings is 1. The number of nitrogens with zero attached hydrogens (tertiary/aromatic N) is 2. The van der Waals surface area contributed by atoms with Crippen molar-refractivity contribution in [1.82, 2.24) is 9.38 Å². The second-order valence-corrected chi connectivity index (χ2v) is 6.12. The summed E-state index contributed by atoms with van der Waals surface area (Å²) in [4.78, 5) is 4.37. The molecule has 3 rings (SSSR count). The number of benzene rings is 1. The van der Waals surface area contributed by atoms with E-state index in [-0.39, 0.29) is 6.61 Å². The number of imidazole rings is 1. The molecule has 114 valence electrons. The van der Waals surface area contributed by atoms with E-state index in [9.17, 15) is 5.11 Å². The highest BCUT2D eigenvalue weighted by molar-refractivity contribution is 7.99. The summed E-state index contributed by atoms with van der Waals surface area (Å²) in [6.45, 7) is 2.29. The molecule has 1 unspecified atom stereocenters. The Balaban J connectivity index is 1.53. The molecule has 22 heavy (non-hydrogen) atoms. The van der Waals surface area contributed by atoms with Crippen LogP contribution in [0.4, 0.5) is 0 Å². The lowest BCUT2D eigenvalue weighted by Gasteiger charge is -2.12. The van der Waals surface area contributed by atoms with Crippen molar-refractivity contribution in [2.75, 3.05) is 12.4 Å². The highest BCUT2D eigenvalue weighted by Crippen LogP contribution is 2.19. The van der Waals surface area contributed by atoms with Gasteiger partial charge in [0, 0.05) is 11.9 Å². The Bertz CT molecular complexity index is 757. The minimum atomic E-state index is -0.540. The van der Waals surface area contributed by atoms with Gasteiger partial charge in [-0.1, -0.05) is 30.0 Å². The average molecular weight is 314 g/mol. The summed E-state index contributed by atoms with van der Waals surface area (Å²) in [5, 5.41) is 10.9. The van der Waals surface area contributed by atoms with Crippen molar-refractivity contribution in [3.63, 3.8) is 0 Å². The number of aryl methyl sites for hydroxylation is 1. The van der Waals surface area contributed by atoms with Gasteiger partial charge in [0.25, 0.3) is 0 Å². The van der Waals surface area contributed by atoms with Crippen LogP contribution in [0.15, 0.2) is 60.0 Å². The molecule has 0 saturated heterocycles. The van der Waals surface area contributed by atoms with Crippen molar-refractivity contribution in [2.24, 2.45) is 0 Å². The maximum atomic E-state index is 10.1. The van der Waals surface area contributed by atoms with Crippen molar-refractivity contribution in [1.29, 1.82) is 0 Å². The topological polar surface area (TPSA) is 46.8 Å². The number of aromatic nitrogens is 2. The molecule has 2 aromatic heterocycles. The number of rotatable bonds is 6. The Hall–Kier alpha value is -1.98. The van der Waals surface area contributed by atoms with Gasteiger partial charge < -0.3 is 9.84 Å². The maximum absolute atomic E-state index is 10.1. The minimum absolute atomic E-state index is 0.278. The van der Waals surface area contributed by atoms with Crippen LogP contribution >= 0.6 is 11.8 Å². The first-order chi connectivity index (χ1) is 10.7. The molecule has 0 saturated carbocycles. The SMILES string of the molecule is Cc1cccc(OCC(O)CSc2ncc3ccccn23)c1. The van der Waals surface area contributed by atoms with Gasteiger partial charge in [-0.25, -0.2) is 4.98 Å². The molecular formula is C17H18N2O2S. The fourth-order valence-electron chi connectivity index (χ4n) is 2.14. The van der Waals surface area contributed by atoms with Crippen molar-refractivity contribution < 1.29 is 9.84 Å². The summed E-state index contributed by atoms with van der Waals surface area (Å²) >= 11 is 1.52. The van der Waals surface area contributed by atoms with E-state index in [0.717, 1.165) is 22.0 Å². The fourth-order valence-corrected chi connectivity index (χ4v) is 3.01. The highest BCUT2D eigenvalue weighted by Gasteiger charge is 2.09. The van der Waals surface area contributed by atoms with Crippen LogP contribution in [0.25, 0.3) is 5.52 Å². The lowest BCUT2D eigenvalue weighted by atomic mass is 10.2. The predicted molar refractivity (Wildman–Crippen MR) is 88.6 cm³/mol. The standard InChI is InChI=1S/C17H18N2O2S/c1-13-5-4-7-16(9-13)21-11-15(20)12-22-17-18-10-14-6-2-3-8-19(14)17/h2-10,15,20H,11-12H2,1H3. The van der Waals surface area contributed by atoms with Gasteiger partial charge in [0.05, 0.1) is 17.8 Å². The number of fused-ring (bicyclic) bond motifs is 1.